The van der Waals surface area contributed by atoms with E-state index in [4.69, 9.17) is 1.41 Å². The van der Waals surface area contributed by atoms with Gasteiger partial charge in [-0.2, -0.15) is 0 Å². The third-order valence-corrected chi connectivity index (χ3v) is 3.95. The number of benzene rings is 1. The molecule has 0 bridgehead atoms. The summed E-state index contributed by atoms with van der Waals surface area (Å²) in [4.78, 5) is 7.92. The van der Waals surface area contributed by atoms with Gasteiger partial charge in [-0.1, -0.05) is 44.0 Å². The van der Waals surface area contributed by atoms with Gasteiger partial charge in [0.05, 0.1) is 17.9 Å². The minimum Gasteiger partial charge on any atom is -0.341 e. The molecule has 2 heterocycles. The van der Waals surface area contributed by atoms with Crippen LogP contribution in [0, 0.1) is 0 Å². The zero-order valence-corrected chi connectivity index (χ0v) is 12.1. The molecule has 20 heavy (non-hydrogen) atoms. The molecule has 1 fully saturated rings. The van der Waals surface area contributed by atoms with Gasteiger partial charge < -0.3 is 10.3 Å². The number of rotatable bonds is 4. The fourth-order valence-electron chi connectivity index (χ4n) is 2.80. The molecule has 0 aliphatic carbocycles. The van der Waals surface area contributed by atoms with Crippen molar-refractivity contribution in [2.75, 3.05) is 6.54 Å². The van der Waals surface area contributed by atoms with E-state index in [1.165, 1.54) is 24.0 Å². The van der Waals surface area contributed by atoms with E-state index < -0.39 is 0 Å². The Bertz CT molecular complexity index is 576. The molecule has 0 saturated carbocycles. The van der Waals surface area contributed by atoms with Gasteiger partial charge in [0.2, 0.25) is 0 Å². The van der Waals surface area contributed by atoms with Gasteiger partial charge in [-0.3, -0.25) is 0 Å². The number of piperidine rings is 1. The van der Waals surface area contributed by atoms with Gasteiger partial charge in [-0.15, -0.1) is 0 Å². The Morgan fingerprint density at radius 1 is 1.30 bits per heavy atom. The van der Waals surface area contributed by atoms with E-state index in [1.54, 1.807) is 5.31 Å². The number of aromatic nitrogens is 2. The molecule has 1 aromatic heterocycles. The third kappa shape index (κ3) is 2.93. The number of nitrogens with one attached hydrogen (secondary N) is 2. The summed E-state index contributed by atoms with van der Waals surface area (Å²) < 4.78 is 8.03. The highest BCUT2D eigenvalue weighted by Crippen LogP contribution is 2.24. The summed E-state index contributed by atoms with van der Waals surface area (Å²) in [5, 5.41) is 1.66. The molecule has 1 saturated heterocycles. The number of H-pyrrole nitrogens is 1. The van der Waals surface area contributed by atoms with E-state index in [0.29, 0.717) is 0 Å². The molecule has 1 aliphatic rings. The number of aromatic amines is 1. The van der Waals surface area contributed by atoms with Gasteiger partial charge in [0.15, 0.2) is 0 Å². The fourth-order valence-corrected chi connectivity index (χ4v) is 2.80. The summed E-state index contributed by atoms with van der Waals surface area (Å²) in [6.07, 6.45) is 7.52. The minimum absolute atomic E-state index is 0.117. The van der Waals surface area contributed by atoms with Crippen molar-refractivity contribution in [1.29, 1.82) is 0 Å². The first-order chi connectivity index (χ1) is 10.3. The van der Waals surface area contributed by atoms with E-state index in [-0.39, 0.29) is 6.04 Å². The number of hydrogen-bond donors (Lipinski definition) is 2. The Balaban J connectivity index is 1.77. The van der Waals surface area contributed by atoms with Crippen molar-refractivity contribution in [3.63, 3.8) is 0 Å². The Kier molecular flexibility index (Phi) is 3.78. The van der Waals surface area contributed by atoms with Crippen molar-refractivity contribution in [3.8, 4) is 11.3 Å². The van der Waals surface area contributed by atoms with Crippen LogP contribution in [-0.4, -0.2) is 16.5 Å². The summed E-state index contributed by atoms with van der Waals surface area (Å²) in [6, 6.07) is 8.81. The van der Waals surface area contributed by atoms with Crippen molar-refractivity contribution in [1.82, 2.24) is 15.3 Å². The number of imidazole rings is 1. The first kappa shape index (κ1) is 12.2. The second kappa shape index (κ2) is 6.23. The maximum Gasteiger partial charge on any atom is 0.123 e. The SMILES string of the molecule is [2H]N1CCCCC1c1ncc(-c2ccc(CCC)cc2)[nH]1. The summed E-state index contributed by atoms with van der Waals surface area (Å²) in [5.74, 6) is 0.928. The predicted molar refractivity (Wildman–Crippen MR) is 82.6 cm³/mol. The van der Waals surface area contributed by atoms with E-state index in [2.05, 4.69) is 41.2 Å². The monoisotopic (exact) mass is 270 g/mol. The first-order valence-corrected chi connectivity index (χ1v) is 7.67. The van der Waals surface area contributed by atoms with Crippen LogP contribution in [-0.2, 0) is 6.42 Å². The van der Waals surface area contributed by atoms with Gasteiger partial charge in [-0.25, -0.2) is 4.98 Å². The van der Waals surface area contributed by atoms with Crippen molar-refractivity contribution in [2.24, 2.45) is 0 Å². The van der Waals surface area contributed by atoms with Gasteiger partial charge in [0.1, 0.15) is 7.24 Å². The lowest BCUT2D eigenvalue weighted by molar-refractivity contribution is 0.399. The summed E-state index contributed by atoms with van der Waals surface area (Å²) in [5.41, 5.74) is 3.60. The van der Waals surface area contributed by atoms with Crippen molar-refractivity contribution < 1.29 is 1.41 Å². The smallest absolute Gasteiger partial charge is 0.123 e. The second-order valence-electron chi connectivity index (χ2n) is 5.55. The maximum absolute atomic E-state index is 8.03. The molecule has 3 heteroatoms. The average Bonchev–Trinajstić information content (AvgIpc) is 2.98. The minimum atomic E-state index is 0.117. The largest absolute Gasteiger partial charge is 0.341 e. The van der Waals surface area contributed by atoms with Gasteiger partial charge in [0, 0.05) is 0 Å². The standard InChI is InChI=1S/C17H23N3/c1-2-5-13-7-9-14(10-8-13)16-12-19-17(20-16)15-6-3-4-11-18-15/h7-10,12,15,18H,2-6,11H2,1H3,(H,19,20)/i/hD. The molecule has 1 unspecified atom stereocenters. The van der Waals surface area contributed by atoms with Crippen LogP contribution in [0.4, 0.5) is 0 Å². The topological polar surface area (TPSA) is 40.7 Å². The highest BCUT2D eigenvalue weighted by molar-refractivity contribution is 5.58. The lowest BCUT2D eigenvalue weighted by Crippen LogP contribution is -2.27. The van der Waals surface area contributed by atoms with E-state index in [9.17, 15) is 0 Å². The Morgan fingerprint density at radius 3 is 2.90 bits per heavy atom. The quantitative estimate of drug-likeness (QED) is 0.886. The molecule has 0 spiro atoms. The maximum atomic E-state index is 8.03. The summed E-state index contributed by atoms with van der Waals surface area (Å²) in [6.45, 7) is 3.04. The van der Waals surface area contributed by atoms with Crippen LogP contribution in [0.25, 0.3) is 11.3 Å². The normalized spacial score (nSPS) is 20.9. The van der Waals surface area contributed by atoms with Crippen molar-refractivity contribution in [2.45, 2.75) is 45.1 Å². The van der Waals surface area contributed by atoms with Crippen LogP contribution in [0.2, 0.25) is 1.41 Å². The molecular formula is C17H23N3. The zero-order chi connectivity index (χ0) is 14.7. The Labute approximate surface area is 122 Å². The van der Waals surface area contributed by atoms with E-state index >= 15 is 0 Å². The molecule has 1 aliphatic heterocycles. The highest BCUT2D eigenvalue weighted by atomic mass is 15.0. The Hall–Kier alpha value is -1.61. The lowest BCUT2D eigenvalue weighted by Gasteiger charge is -2.21. The molecule has 106 valence electrons. The lowest BCUT2D eigenvalue weighted by atomic mass is 10.0. The summed E-state index contributed by atoms with van der Waals surface area (Å²) >= 11 is 0. The van der Waals surface area contributed by atoms with Crippen molar-refractivity contribution in [3.05, 3.63) is 41.9 Å². The Morgan fingerprint density at radius 2 is 2.15 bits per heavy atom. The third-order valence-electron chi connectivity index (χ3n) is 3.95. The average molecular weight is 270 g/mol. The molecule has 1 atom stereocenters. The van der Waals surface area contributed by atoms with Crippen LogP contribution in [0.3, 0.4) is 0 Å². The molecule has 2 N–H and O–H groups in total. The molecule has 3 nitrogen and oxygen atoms in total. The first-order valence-electron chi connectivity index (χ1n) is 8.12. The van der Waals surface area contributed by atoms with Crippen LogP contribution in [0.1, 0.15) is 50.0 Å². The van der Waals surface area contributed by atoms with Crippen LogP contribution < -0.4 is 5.31 Å². The van der Waals surface area contributed by atoms with Gasteiger partial charge >= 0.3 is 0 Å². The molecule has 0 amide bonds. The molecule has 3 rings (SSSR count). The van der Waals surface area contributed by atoms with Crippen molar-refractivity contribution >= 4 is 0 Å². The van der Waals surface area contributed by atoms with Crippen LogP contribution in [0.5, 0.6) is 0 Å². The van der Waals surface area contributed by atoms with Gasteiger partial charge in [-0.05, 0) is 36.9 Å². The van der Waals surface area contributed by atoms with E-state index in [0.717, 1.165) is 37.3 Å². The van der Waals surface area contributed by atoms with Crippen LogP contribution in [0.15, 0.2) is 30.5 Å². The fraction of sp³-hybridized carbons (Fsp3) is 0.471. The van der Waals surface area contributed by atoms with Gasteiger partial charge in [0.25, 0.3) is 0 Å². The highest BCUT2D eigenvalue weighted by Gasteiger charge is 2.17. The molecular weight excluding hydrogens is 246 g/mol. The number of nitrogens with zero attached hydrogens (tertiary/aromatic N) is 1. The zero-order valence-electron chi connectivity index (χ0n) is 13.1. The summed E-state index contributed by atoms with van der Waals surface area (Å²) in [7, 11) is 0. The molecule has 1 aromatic carbocycles. The number of hydrogen-bond acceptors (Lipinski definition) is 2. The predicted octanol–water partition coefficient (Wildman–Crippen LogP) is 3.84. The molecule has 2 aromatic rings. The molecule has 0 radical (unpaired) electrons. The van der Waals surface area contributed by atoms with E-state index in [1.807, 2.05) is 6.20 Å². The van der Waals surface area contributed by atoms with Crippen LogP contribution >= 0.6 is 0 Å². The number of aryl methyl sites for hydroxylation is 1. The second-order valence-corrected chi connectivity index (χ2v) is 5.55.